The predicted molar refractivity (Wildman–Crippen MR) is 62.5 cm³/mol. The zero-order valence-corrected chi connectivity index (χ0v) is 10.6. The Morgan fingerprint density at radius 3 is 2.10 bits per heavy atom. The summed E-state index contributed by atoms with van der Waals surface area (Å²) in [5.74, 6) is -1.55. The Morgan fingerprint density at radius 2 is 1.71 bits per heavy atom. The molecule has 0 unspecified atom stereocenters. The molecule has 116 valence electrons. The van der Waals surface area contributed by atoms with Gasteiger partial charge in [-0.2, -0.15) is 26.3 Å². The minimum atomic E-state index is -5.26. The first-order chi connectivity index (χ1) is 9.48. The van der Waals surface area contributed by atoms with Crippen LogP contribution in [-0.4, -0.2) is 11.1 Å². The number of carboxylic acid groups (broad SMARTS) is 1. The van der Waals surface area contributed by atoms with Gasteiger partial charge in [-0.3, -0.25) is 0 Å². The number of alkyl halides is 6. The molecule has 0 saturated heterocycles. The van der Waals surface area contributed by atoms with Crippen LogP contribution in [-0.2, 0) is 23.6 Å². The molecule has 1 aromatic carbocycles. The summed E-state index contributed by atoms with van der Waals surface area (Å²) in [6.07, 6.45) is -9.50. The molecule has 1 aromatic rings. The lowest BCUT2D eigenvalue weighted by molar-refractivity contribution is -0.162. The highest BCUT2D eigenvalue weighted by molar-refractivity contribution is 5.86. The second-order valence-electron chi connectivity index (χ2n) is 4.08. The number of halogens is 6. The van der Waals surface area contributed by atoms with Crippen LogP contribution in [0.25, 0.3) is 6.08 Å². The third-order valence-electron chi connectivity index (χ3n) is 2.70. The average molecular weight is 312 g/mol. The van der Waals surface area contributed by atoms with E-state index in [0.29, 0.717) is 18.2 Å². The van der Waals surface area contributed by atoms with Crippen molar-refractivity contribution in [1.29, 1.82) is 0 Å². The number of carbonyl (C=O) groups is 1. The molecule has 0 spiro atoms. The Kier molecular flexibility index (Phi) is 4.70. The van der Waals surface area contributed by atoms with Crippen molar-refractivity contribution in [3.63, 3.8) is 0 Å². The highest BCUT2D eigenvalue weighted by Crippen LogP contribution is 2.43. The molecule has 0 radical (unpaired) electrons. The molecule has 0 bridgehead atoms. The molecule has 1 rings (SSSR count). The molecule has 0 saturated carbocycles. The summed E-state index contributed by atoms with van der Waals surface area (Å²) in [5, 5.41) is 8.47. The van der Waals surface area contributed by atoms with Crippen LogP contribution >= 0.6 is 0 Å². The van der Waals surface area contributed by atoms with Crippen LogP contribution in [0, 0.1) is 0 Å². The van der Waals surface area contributed by atoms with E-state index >= 15 is 0 Å². The lowest BCUT2D eigenvalue weighted by Gasteiger charge is -2.20. The van der Waals surface area contributed by atoms with Gasteiger partial charge < -0.3 is 5.11 Å². The summed E-state index contributed by atoms with van der Waals surface area (Å²) < 4.78 is 77.3. The maximum absolute atomic E-state index is 13.0. The number of rotatable bonds is 3. The van der Waals surface area contributed by atoms with Gasteiger partial charge in [0.15, 0.2) is 0 Å². The summed E-state index contributed by atoms with van der Waals surface area (Å²) in [6, 6.07) is 1.28. The van der Waals surface area contributed by atoms with Crippen molar-refractivity contribution in [3.8, 4) is 0 Å². The summed E-state index contributed by atoms with van der Waals surface area (Å²) in [5.41, 5.74) is -4.50. The van der Waals surface area contributed by atoms with Crippen LogP contribution in [0.1, 0.15) is 29.2 Å². The number of carboxylic acids is 1. The van der Waals surface area contributed by atoms with Crippen molar-refractivity contribution in [3.05, 3.63) is 40.5 Å². The van der Waals surface area contributed by atoms with Gasteiger partial charge in [-0.25, -0.2) is 4.79 Å². The summed E-state index contributed by atoms with van der Waals surface area (Å²) >= 11 is 0. The third kappa shape index (κ3) is 3.99. The maximum Gasteiger partial charge on any atom is 0.417 e. The van der Waals surface area contributed by atoms with Gasteiger partial charge >= 0.3 is 18.3 Å². The first-order valence-electron chi connectivity index (χ1n) is 5.69. The van der Waals surface area contributed by atoms with E-state index < -0.39 is 35.0 Å². The second kappa shape index (κ2) is 5.79. The van der Waals surface area contributed by atoms with Gasteiger partial charge in [0.2, 0.25) is 0 Å². The monoisotopic (exact) mass is 312 g/mol. The number of aryl methyl sites for hydroxylation is 1. The average Bonchev–Trinajstić information content (AvgIpc) is 2.32. The zero-order valence-electron chi connectivity index (χ0n) is 10.6. The third-order valence-corrected chi connectivity index (χ3v) is 2.70. The van der Waals surface area contributed by atoms with Gasteiger partial charge in [-0.1, -0.05) is 13.0 Å². The minimum Gasteiger partial charge on any atom is -0.478 e. The standard InChI is InChI=1S/C13H10F6O2/c1-2-7-3-5-9(12(14,15)16)11(13(17,18)19)8(7)4-6-10(20)21/h3-6H,2H2,1H3,(H,20,21)/b6-4+. The normalized spacial score (nSPS) is 12.9. The molecule has 8 heteroatoms. The summed E-state index contributed by atoms with van der Waals surface area (Å²) in [4.78, 5) is 10.4. The molecule has 0 heterocycles. The van der Waals surface area contributed by atoms with Crippen LogP contribution in [0.15, 0.2) is 18.2 Å². The van der Waals surface area contributed by atoms with Gasteiger partial charge in [0.1, 0.15) is 0 Å². The molecule has 0 amide bonds. The topological polar surface area (TPSA) is 37.3 Å². The fourth-order valence-corrected chi connectivity index (χ4v) is 1.86. The Hall–Kier alpha value is -1.99. The first kappa shape index (κ1) is 17.1. The zero-order chi connectivity index (χ0) is 16.4. The van der Waals surface area contributed by atoms with Crippen LogP contribution < -0.4 is 0 Å². The first-order valence-corrected chi connectivity index (χ1v) is 5.69. The number of hydrogen-bond acceptors (Lipinski definition) is 1. The minimum absolute atomic E-state index is 0.0205. The second-order valence-corrected chi connectivity index (χ2v) is 4.08. The van der Waals surface area contributed by atoms with Crippen LogP contribution in [0.4, 0.5) is 26.3 Å². The molecule has 0 aromatic heterocycles. The van der Waals surface area contributed by atoms with Crippen LogP contribution in [0.5, 0.6) is 0 Å². The van der Waals surface area contributed by atoms with Crippen LogP contribution in [0.2, 0.25) is 0 Å². The van der Waals surface area contributed by atoms with E-state index in [1.165, 1.54) is 6.92 Å². The molecule has 1 N–H and O–H groups in total. The van der Waals surface area contributed by atoms with E-state index in [9.17, 15) is 31.1 Å². The molecule has 0 atom stereocenters. The van der Waals surface area contributed by atoms with Gasteiger partial charge in [0.25, 0.3) is 0 Å². The van der Waals surface area contributed by atoms with Gasteiger partial charge in [0.05, 0.1) is 11.1 Å². The van der Waals surface area contributed by atoms with Crippen LogP contribution in [0.3, 0.4) is 0 Å². The molecule has 0 aliphatic heterocycles. The fourth-order valence-electron chi connectivity index (χ4n) is 1.86. The number of benzene rings is 1. The summed E-state index contributed by atoms with van der Waals surface area (Å²) in [6.45, 7) is 1.46. The number of aliphatic carboxylic acids is 1. The fraction of sp³-hybridized carbons (Fsp3) is 0.308. The van der Waals surface area contributed by atoms with Crippen molar-refractivity contribution in [2.45, 2.75) is 25.7 Å². The van der Waals surface area contributed by atoms with Crippen molar-refractivity contribution in [2.75, 3.05) is 0 Å². The summed E-state index contributed by atoms with van der Waals surface area (Å²) in [7, 11) is 0. The van der Waals surface area contributed by atoms with E-state index in [4.69, 9.17) is 5.11 Å². The lowest BCUT2D eigenvalue weighted by atomic mass is 9.93. The molecule has 0 aliphatic carbocycles. The van der Waals surface area contributed by atoms with Gasteiger partial charge in [0, 0.05) is 6.08 Å². The highest BCUT2D eigenvalue weighted by Gasteiger charge is 2.44. The van der Waals surface area contributed by atoms with E-state index in [2.05, 4.69) is 0 Å². The van der Waals surface area contributed by atoms with E-state index in [1.54, 1.807) is 0 Å². The van der Waals surface area contributed by atoms with Crippen molar-refractivity contribution in [1.82, 2.24) is 0 Å². The Labute approximate surface area is 115 Å². The molecule has 21 heavy (non-hydrogen) atoms. The smallest absolute Gasteiger partial charge is 0.417 e. The Balaban J connectivity index is 3.74. The quantitative estimate of drug-likeness (QED) is 0.664. The lowest BCUT2D eigenvalue weighted by Crippen LogP contribution is -2.19. The molecular weight excluding hydrogens is 302 g/mol. The van der Waals surface area contributed by atoms with Crippen molar-refractivity contribution < 1.29 is 36.2 Å². The predicted octanol–water partition coefficient (Wildman–Crippen LogP) is 4.38. The Morgan fingerprint density at radius 1 is 1.14 bits per heavy atom. The molecule has 0 aliphatic rings. The number of hydrogen-bond donors (Lipinski definition) is 1. The van der Waals surface area contributed by atoms with Crippen molar-refractivity contribution in [2.24, 2.45) is 0 Å². The molecular formula is C13H10F6O2. The molecule has 2 nitrogen and oxygen atoms in total. The van der Waals surface area contributed by atoms with Gasteiger partial charge in [-0.05, 0) is 29.7 Å². The van der Waals surface area contributed by atoms with E-state index in [-0.39, 0.29) is 12.0 Å². The molecule has 0 fully saturated rings. The largest absolute Gasteiger partial charge is 0.478 e. The SMILES string of the molecule is CCc1ccc(C(F)(F)F)c(C(F)(F)F)c1/C=C/C(=O)O. The Bertz CT molecular complexity index is 569. The maximum atomic E-state index is 13.0. The highest BCUT2D eigenvalue weighted by atomic mass is 19.4. The van der Waals surface area contributed by atoms with Crippen molar-refractivity contribution >= 4 is 12.0 Å². The van der Waals surface area contributed by atoms with E-state index in [1.807, 2.05) is 0 Å². The van der Waals surface area contributed by atoms with E-state index in [0.717, 1.165) is 6.07 Å². The van der Waals surface area contributed by atoms with Gasteiger partial charge in [-0.15, -0.1) is 0 Å².